The van der Waals surface area contributed by atoms with Crippen molar-refractivity contribution in [3.8, 4) is 0 Å². The molecule has 0 radical (unpaired) electrons. The second kappa shape index (κ2) is 7.80. The molecule has 1 aromatic heterocycles. The number of halogens is 2. The summed E-state index contributed by atoms with van der Waals surface area (Å²) in [6, 6.07) is 17.7. The Labute approximate surface area is 195 Å². The second-order valence-electron chi connectivity index (χ2n) is 8.11. The van der Waals surface area contributed by atoms with Crippen LogP contribution in [0.25, 0.3) is 11.0 Å². The summed E-state index contributed by atoms with van der Waals surface area (Å²) in [5.41, 5.74) is 3.87. The van der Waals surface area contributed by atoms with Gasteiger partial charge in [-0.2, -0.15) is 0 Å². The molecule has 3 aromatic carbocycles. The van der Waals surface area contributed by atoms with Crippen molar-refractivity contribution in [2.45, 2.75) is 26.4 Å². The number of rotatable bonds is 3. The van der Waals surface area contributed by atoms with Gasteiger partial charge in [0.05, 0.1) is 17.0 Å². The molecule has 0 bridgehead atoms. The van der Waals surface area contributed by atoms with Crippen molar-refractivity contribution >= 4 is 40.1 Å². The number of nitrogens with zero attached hydrogens (tertiary/aromatic N) is 1. The maximum atomic E-state index is 13.7. The van der Waals surface area contributed by atoms with Crippen molar-refractivity contribution in [1.29, 1.82) is 0 Å². The summed E-state index contributed by atoms with van der Waals surface area (Å²) in [5, 5.41) is 1.57. The fourth-order valence-electron chi connectivity index (χ4n) is 4.51. The van der Waals surface area contributed by atoms with Gasteiger partial charge >= 0.3 is 0 Å². The molecular formula is C26H19Cl2NO3. The quantitative estimate of drug-likeness (QED) is 0.350. The van der Waals surface area contributed by atoms with Crippen LogP contribution in [0.3, 0.4) is 0 Å². The Hall–Kier alpha value is -3.08. The maximum Gasteiger partial charge on any atom is 0.291 e. The first-order valence-corrected chi connectivity index (χ1v) is 11.0. The lowest BCUT2D eigenvalue weighted by Crippen LogP contribution is -2.29. The zero-order valence-corrected chi connectivity index (χ0v) is 19.0. The van der Waals surface area contributed by atoms with Crippen molar-refractivity contribution < 1.29 is 9.21 Å². The second-order valence-corrected chi connectivity index (χ2v) is 8.95. The molecule has 1 aliphatic heterocycles. The smallest absolute Gasteiger partial charge is 0.291 e. The Bertz CT molecular complexity index is 1460. The number of hydrogen-bond donors (Lipinski definition) is 0. The molecular weight excluding hydrogens is 445 g/mol. The topological polar surface area (TPSA) is 50.5 Å². The standard InChI is InChI=1S/C26H19Cl2NO3/c1-14-10-15(2)21-20(11-14)32-25-22(24(21)30)23(16-7-5-8-18(27)12-16)29(26(25)31)13-17-6-3-4-9-19(17)28/h3-12,23H,13H2,1-2H3. The molecule has 1 unspecified atom stereocenters. The monoisotopic (exact) mass is 463 g/mol. The van der Waals surface area contributed by atoms with E-state index in [1.807, 2.05) is 50.2 Å². The molecule has 0 N–H and O–H groups in total. The Morgan fingerprint density at radius 1 is 0.969 bits per heavy atom. The highest BCUT2D eigenvalue weighted by Crippen LogP contribution is 2.40. The first-order valence-electron chi connectivity index (χ1n) is 10.2. The van der Waals surface area contributed by atoms with Crippen LogP contribution in [0.4, 0.5) is 0 Å². The van der Waals surface area contributed by atoms with Gasteiger partial charge in [0.15, 0.2) is 5.43 Å². The Kier molecular flexibility index (Phi) is 5.07. The molecule has 0 saturated carbocycles. The van der Waals surface area contributed by atoms with E-state index < -0.39 is 6.04 Å². The molecule has 0 spiro atoms. The fraction of sp³-hybridized carbons (Fsp3) is 0.154. The fourth-order valence-corrected chi connectivity index (χ4v) is 4.90. The van der Waals surface area contributed by atoms with E-state index in [0.29, 0.717) is 26.6 Å². The van der Waals surface area contributed by atoms with Crippen LogP contribution in [0, 0.1) is 13.8 Å². The number of fused-ring (bicyclic) bond motifs is 2. The molecule has 6 heteroatoms. The highest BCUT2D eigenvalue weighted by Gasteiger charge is 2.43. The highest BCUT2D eigenvalue weighted by molar-refractivity contribution is 6.31. The van der Waals surface area contributed by atoms with E-state index in [-0.39, 0.29) is 23.6 Å². The summed E-state index contributed by atoms with van der Waals surface area (Å²) in [6.07, 6.45) is 0. The number of hydrogen-bond acceptors (Lipinski definition) is 3. The SMILES string of the molecule is Cc1cc(C)c2c(=O)c3c(oc2c1)C(=O)N(Cc1ccccc1Cl)C3c1cccc(Cl)c1. The third kappa shape index (κ3) is 3.31. The zero-order chi connectivity index (χ0) is 22.6. The van der Waals surface area contributed by atoms with Crippen LogP contribution >= 0.6 is 23.2 Å². The van der Waals surface area contributed by atoms with Crippen molar-refractivity contribution in [3.63, 3.8) is 0 Å². The predicted molar refractivity (Wildman–Crippen MR) is 127 cm³/mol. The molecule has 1 amide bonds. The lowest BCUT2D eigenvalue weighted by molar-refractivity contribution is 0.0714. The van der Waals surface area contributed by atoms with Gasteiger partial charge in [-0.25, -0.2) is 0 Å². The highest BCUT2D eigenvalue weighted by atomic mass is 35.5. The molecule has 0 fully saturated rings. The van der Waals surface area contributed by atoms with E-state index >= 15 is 0 Å². The van der Waals surface area contributed by atoms with Gasteiger partial charge in [-0.05, 0) is 60.4 Å². The average Bonchev–Trinajstić information content (AvgIpc) is 3.01. The van der Waals surface area contributed by atoms with Gasteiger partial charge < -0.3 is 9.32 Å². The van der Waals surface area contributed by atoms with Gasteiger partial charge in [0.25, 0.3) is 5.91 Å². The zero-order valence-electron chi connectivity index (χ0n) is 17.5. The minimum absolute atomic E-state index is 0.0736. The van der Waals surface area contributed by atoms with Crippen LogP contribution in [0.1, 0.15) is 44.4 Å². The number of amides is 1. The summed E-state index contributed by atoms with van der Waals surface area (Å²) in [7, 11) is 0. The maximum absolute atomic E-state index is 13.7. The summed E-state index contributed by atoms with van der Waals surface area (Å²) in [6.45, 7) is 4.04. The minimum atomic E-state index is -0.631. The van der Waals surface area contributed by atoms with Gasteiger partial charge in [0.1, 0.15) is 5.58 Å². The summed E-state index contributed by atoms with van der Waals surface area (Å²) >= 11 is 12.7. The van der Waals surface area contributed by atoms with Crippen LogP contribution in [-0.4, -0.2) is 10.8 Å². The molecule has 1 atom stereocenters. The largest absolute Gasteiger partial charge is 0.450 e. The minimum Gasteiger partial charge on any atom is -0.450 e. The lowest BCUT2D eigenvalue weighted by Gasteiger charge is -2.25. The molecule has 5 rings (SSSR count). The van der Waals surface area contributed by atoms with Gasteiger partial charge in [0.2, 0.25) is 5.76 Å². The number of carbonyl (C=O) groups excluding carboxylic acids is 1. The van der Waals surface area contributed by atoms with Crippen molar-refractivity contribution in [3.05, 3.63) is 115 Å². The van der Waals surface area contributed by atoms with E-state index in [9.17, 15) is 9.59 Å². The molecule has 4 nitrogen and oxygen atoms in total. The van der Waals surface area contributed by atoms with Crippen LogP contribution in [0.2, 0.25) is 10.0 Å². The number of aryl methyl sites for hydroxylation is 2. The Morgan fingerprint density at radius 3 is 2.50 bits per heavy atom. The molecule has 0 aliphatic carbocycles. The lowest BCUT2D eigenvalue weighted by atomic mass is 9.96. The molecule has 32 heavy (non-hydrogen) atoms. The molecule has 2 heterocycles. The van der Waals surface area contributed by atoms with Crippen molar-refractivity contribution in [2.24, 2.45) is 0 Å². The molecule has 160 valence electrons. The van der Waals surface area contributed by atoms with Gasteiger partial charge in [0, 0.05) is 16.6 Å². The predicted octanol–water partition coefficient (Wildman–Crippen LogP) is 6.46. The molecule has 1 aliphatic rings. The van der Waals surface area contributed by atoms with Crippen LogP contribution < -0.4 is 5.43 Å². The molecule has 0 saturated heterocycles. The van der Waals surface area contributed by atoms with E-state index in [0.717, 1.165) is 22.3 Å². The van der Waals surface area contributed by atoms with Crippen LogP contribution in [-0.2, 0) is 6.54 Å². The summed E-state index contributed by atoms with van der Waals surface area (Å²) < 4.78 is 6.08. The van der Waals surface area contributed by atoms with E-state index in [1.165, 1.54) is 0 Å². The van der Waals surface area contributed by atoms with E-state index in [2.05, 4.69) is 0 Å². The van der Waals surface area contributed by atoms with Crippen molar-refractivity contribution in [1.82, 2.24) is 4.90 Å². The average molecular weight is 464 g/mol. The first kappa shape index (κ1) is 20.8. The first-order chi connectivity index (χ1) is 15.3. The Morgan fingerprint density at radius 2 is 1.75 bits per heavy atom. The van der Waals surface area contributed by atoms with Gasteiger partial charge in [-0.3, -0.25) is 9.59 Å². The van der Waals surface area contributed by atoms with Gasteiger partial charge in [-0.15, -0.1) is 0 Å². The summed E-state index contributed by atoms with van der Waals surface area (Å²) in [5.74, 6) is -0.271. The van der Waals surface area contributed by atoms with Crippen molar-refractivity contribution in [2.75, 3.05) is 0 Å². The van der Waals surface area contributed by atoms with Crippen LogP contribution in [0.15, 0.2) is 69.9 Å². The van der Waals surface area contributed by atoms with E-state index in [4.69, 9.17) is 27.6 Å². The summed E-state index contributed by atoms with van der Waals surface area (Å²) in [4.78, 5) is 28.9. The number of benzene rings is 3. The normalized spacial score (nSPS) is 15.4. The third-order valence-corrected chi connectivity index (χ3v) is 6.48. The van der Waals surface area contributed by atoms with E-state index in [1.54, 1.807) is 29.2 Å². The third-order valence-electron chi connectivity index (χ3n) is 5.88. The number of carbonyl (C=O) groups is 1. The van der Waals surface area contributed by atoms with Gasteiger partial charge in [-0.1, -0.05) is 59.6 Å². The molecule has 4 aromatic rings. The van der Waals surface area contributed by atoms with Crippen LogP contribution in [0.5, 0.6) is 0 Å². The Balaban J connectivity index is 1.78.